The summed E-state index contributed by atoms with van der Waals surface area (Å²) in [5.41, 5.74) is 0. The highest BCUT2D eigenvalue weighted by Crippen LogP contribution is 1.95. The quantitative estimate of drug-likeness (QED) is 0.369. The maximum Gasteiger partial charge on any atom is 0.330 e. The van der Waals surface area contributed by atoms with Gasteiger partial charge in [-0.15, -0.1) is 18.3 Å². The highest BCUT2D eigenvalue weighted by Gasteiger charge is 2.22. The second-order valence-electron chi connectivity index (χ2n) is 2.13. The van der Waals surface area contributed by atoms with Crippen LogP contribution in [0.1, 0.15) is 12.8 Å². The van der Waals surface area contributed by atoms with E-state index in [-0.39, 0.29) is 0 Å². The van der Waals surface area contributed by atoms with Crippen LogP contribution in [-0.2, 0) is 9.59 Å². The molecule has 0 saturated carbocycles. The lowest BCUT2D eigenvalue weighted by Crippen LogP contribution is -2.21. The van der Waals surface area contributed by atoms with Gasteiger partial charge < -0.3 is 10.2 Å². The Morgan fingerprint density at radius 1 is 1.23 bits per heavy atom. The Morgan fingerprint density at radius 2 is 1.77 bits per heavy atom. The Bertz CT molecular complexity index is 286. The molecule has 0 aromatic heterocycles. The van der Waals surface area contributed by atoms with Crippen LogP contribution in [0.25, 0.3) is 0 Å². The number of aliphatic carboxylic acids is 2. The largest absolute Gasteiger partial charge is 0.480 e. The summed E-state index contributed by atoms with van der Waals surface area (Å²) in [5, 5.41) is 16.8. The monoisotopic (exact) mass is 180 g/mol. The van der Waals surface area contributed by atoms with Gasteiger partial charge >= 0.3 is 11.9 Å². The molecule has 0 fully saturated rings. The maximum absolute atomic E-state index is 10.3. The van der Waals surface area contributed by atoms with Gasteiger partial charge in [0.25, 0.3) is 0 Å². The molecule has 2 N–H and O–H groups in total. The van der Waals surface area contributed by atoms with Crippen molar-refractivity contribution in [1.82, 2.24) is 0 Å². The third-order valence-electron chi connectivity index (χ3n) is 1.13. The van der Waals surface area contributed by atoms with Gasteiger partial charge in [-0.05, 0) is 0 Å². The SMILES string of the molecule is C#CCCC#CC(C(=O)O)C(=O)O. The summed E-state index contributed by atoms with van der Waals surface area (Å²) in [4.78, 5) is 20.6. The molecule has 68 valence electrons. The molecule has 0 heterocycles. The van der Waals surface area contributed by atoms with Gasteiger partial charge in [-0.25, -0.2) is 0 Å². The lowest BCUT2D eigenvalue weighted by Gasteiger charge is -1.95. The number of hydrogen-bond donors (Lipinski definition) is 2. The zero-order valence-corrected chi connectivity index (χ0v) is 6.78. The van der Waals surface area contributed by atoms with E-state index in [0.29, 0.717) is 12.8 Å². The van der Waals surface area contributed by atoms with Gasteiger partial charge in [0, 0.05) is 12.8 Å². The van der Waals surface area contributed by atoms with E-state index in [1.807, 2.05) is 0 Å². The van der Waals surface area contributed by atoms with Gasteiger partial charge in [0.1, 0.15) is 0 Å². The van der Waals surface area contributed by atoms with Crippen molar-refractivity contribution in [1.29, 1.82) is 0 Å². The van der Waals surface area contributed by atoms with E-state index in [1.165, 1.54) is 0 Å². The number of unbranched alkanes of at least 4 members (excludes halogenated alkanes) is 1. The maximum atomic E-state index is 10.3. The summed E-state index contributed by atoms with van der Waals surface area (Å²) < 4.78 is 0. The van der Waals surface area contributed by atoms with Crippen LogP contribution in [0.5, 0.6) is 0 Å². The fourth-order valence-corrected chi connectivity index (χ4v) is 0.538. The minimum Gasteiger partial charge on any atom is -0.480 e. The molecular formula is C9H8O4. The minimum absolute atomic E-state index is 0.313. The first-order valence-corrected chi connectivity index (χ1v) is 3.47. The third kappa shape index (κ3) is 4.49. The fraction of sp³-hybridized carbons (Fsp3) is 0.333. The molecule has 0 aromatic carbocycles. The number of carboxylic acid groups (broad SMARTS) is 2. The summed E-state index contributed by atoms with van der Waals surface area (Å²) in [6, 6.07) is 0. The summed E-state index contributed by atoms with van der Waals surface area (Å²) in [7, 11) is 0. The smallest absolute Gasteiger partial charge is 0.330 e. The van der Waals surface area contributed by atoms with Crippen molar-refractivity contribution in [3.05, 3.63) is 0 Å². The predicted molar refractivity (Wildman–Crippen MR) is 44.6 cm³/mol. The van der Waals surface area contributed by atoms with Gasteiger partial charge in [-0.1, -0.05) is 5.92 Å². The van der Waals surface area contributed by atoms with Crippen LogP contribution in [0, 0.1) is 30.1 Å². The number of hydrogen-bond acceptors (Lipinski definition) is 2. The molecule has 4 heteroatoms. The number of rotatable bonds is 3. The van der Waals surface area contributed by atoms with Gasteiger partial charge in [0.15, 0.2) is 0 Å². The van der Waals surface area contributed by atoms with E-state index < -0.39 is 17.9 Å². The van der Waals surface area contributed by atoms with Crippen LogP contribution in [-0.4, -0.2) is 22.2 Å². The molecule has 0 radical (unpaired) electrons. The summed E-state index contributed by atoms with van der Waals surface area (Å²) >= 11 is 0. The van der Waals surface area contributed by atoms with E-state index in [9.17, 15) is 9.59 Å². The molecule has 0 aliphatic rings. The molecule has 0 amide bonds. The Hall–Kier alpha value is -1.94. The van der Waals surface area contributed by atoms with Crippen molar-refractivity contribution in [2.45, 2.75) is 12.8 Å². The Labute approximate surface area is 75.6 Å². The first-order chi connectivity index (χ1) is 6.09. The standard InChI is InChI=1S/C9H8O4/c1-2-3-4-5-6-7(8(10)11)9(12)13/h1,7H,3-4H2,(H,10,11)(H,12,13). The molecule has 0 aromatic rings. The van der Waals surface area contributed by atoms with E-state index in [2.05, 4.69) is 17.8 Å². The van der Waals surface area contributed by atoms with Crippen LogP contribution in [0.4, 0.5) is 0 Å². The van der Waals surface area contributed by atoms with E-state index in [0.717, 1.165) is 0 Å². The van der Waals surface area contributed by atoms with Crippen LogP contribution in [0.3, 0.4) is 0 Å². The molecule has 4 nitrogen and oxygen atoms in total. The van der Waals surface area contributed by atoms with Crippen LogP contribution in [0.15, 0.2) is 0 Å². The molecule has 0 aliphatic heterocycles. The molecule has 0 atom stereocenters. The summed E-state index contributed by atoms with van der Waals surface area (Å²) in [5.74, 6) is 2.24. The Kier molecular flexibility index (Phi) is 4.83. The molecule has 0 bridgehead atoms. The van der Waals surface area contributed by atoms with Crippen molar-refractivity contribution < 1.29 is 19.8 Å². The van der Waals surface area contributed by atoms with Crippen molar-refractivity contribution >= 4 is 11.9 Å². The van der Waals surface area contributed by atoms with Crippen molar-refractivity contribution in [3.63, 3.8) is 0 Å². The first kappa shape index (κ1) is 11.1. The molecule has 0 spiro atoms. The van der Waals surface area contributed by atoms with E-state index in [4.69, 9.17) is 16.6 Å². The van der Waals surface area contributed by atoms with Crippen molar-refractivity contribution in [2.75, 3.05) is 0 Å². The van der Waals surface area contributed by atoms with E-state index >= 15 is 0 Å². The number of carboxylic acids is 2. The molecule has 0 saturated heterocycles. The van der Waals surface area contributed by atoms with Crippen LogP contribution < -0.4 is 0 Å². The van der Waals surface area contributed by atoms with E-state index in [1.54, 1.807) is 0 Å². The van der Waals surface area contributed by atoms with Crippen molar-refractivity contribution in [2.24, 2.45) is 5.92 Å². The van der Waals surface area contributed by atoms with Gasteiger partial charge in [-0.2, -0.15) is 0 Å². The molecule has 13 heavy (non-hydrogen) atoms. The predicted octanol–water partition coefficient (Wildman–Crippen LogP) is 0.189. The second kappa shape index (κ2) is 5.68. The fourth-order valence-electron chi connectivity index (χ4n) is 0.538. The highest BCUT2D eigenvalue weighted by molar-refractivity contribution is 5.96. The summed E-state index contributed by atoms with van der Waals surface area (Å²) in [6.45, 7) is 0. The van der Waals surface area contributed by atoms with Crippen LogP contribution >= 0.6 is 0 Å². The van der Waals surface area contributed by atoms with Gasteiger partial charge in [0.05, 0.1) is 0 Å². The van der Waals surface area contributed by atoms with Gasteiger partial charge in [-0.3, -0.25) is 9.59 Å². The topological polar surface area (TPSA) is 74.6 Å². The van der Waals surface area contributed by atoms with Gasteiger partial charge in [0.2, 0.25) is 5.92 Å². The molecule has 0 aliphatic carbocycles. The van der Waals surface area contributed by atoms with Crippen molar-refractivity contribution in [3.8, 4) is 24.2 Å². The highest BCUT2D eigenvalue weighted by atomic mass is 16.4. The lowest BCUT2D eigenvalue weighted by atomic mass is 10.1. The molecular weight excluding hydrogens is 172 g/mol. The summed E-state index contributed by atoms with van der Waals surface area (Å²) in [6.07, 6.45) is 5.62. The molecule has 0 unspecified atom stereocenters. The third-order valence-corrected chi connectivity index (χ3v) is 1.13. The zero-order valence-electron chi connectivity index (χ0n) is 6.78. The number of carbonyl (C=O) groups is 2. The first-order valence-electron chi connectivity index (χ1n) is 3.47. The second-order valence-corrected chi connectivity index (χ2v) is 2.13. The minimum atomic E-state index is -1.65. The normalized spacial score (nSPS) is 8.31. The lowest BCUT2D eigenvalue weighted by molar-refractivity contribution is -0.151. The van der Waals surface area contributed by atoms with Crippen LogP contribution in [0.2, 0.25) is 0 Å². The zero-order chi connectivity index (χ0) is 10.3. The average Bonchev–Trinajstić information content (AvgIpc) is 2.02. The Morgan fingerprint density at radius 3 is 2.15 bits per heavy atom. The average molecular weight is 180 g/mol. The Balaban J connectivity index is 4.24. The molecule has 0 rings (SSSR count). The number of terminal acetylenes is 1.